The monoisotopic (exact) mass is 420 g/mol. The van der Waals surface area contributed by atoms with Crippen molar-refractivity contribution in [1.29, 1.82) is 0 Å². The van der Waals surface area contributed by atoms with E-state index in [4.69, 9.17) is 4.74 Å². The number of fused-ring (bicyclic) bond motifs is 2. The van der Waals surface area contributed by atoms with Crippen LogP contribution in [0.5, 0.6) is 0 Å². The smallest absolute Gasteiger partial charge is 0.254 e. The highest BCUT2D eigenvalue weighted by molar-refractivity contribution is 7.15. The Balaban J connectivity index is 1.38. The summed E-state index contributed by atoms with van der Waals surface area (Å²) in [5.41, 5.74) is 3.16. The first-order chi connectivity index (χ1) is 14.5. The molecule has 154 valence electrons. The van der Waals surface area contributed by atoms with E-state index in [0.29, 0.717) is 24.3 Å². The number of thiophene rings is 1. The fourth-order valence-electron chi connectivity index (χ4n) is 4.63. The standard InChI is InChI=1S/C24H24N2O3S/c1-16-13-18(14-22(27)25-16)23(28)26-10-8-24(9-11-26)19-15-21(17-5-3-2-4-6-17)30-20(19)7-12-29-24/h2-6,13-15H,7-12H2,1H3,(H,25,27). The highest BCUT2D eigenvalue weighted by Crippen LogP contribution is 2.46. The van der Waals surface area contributed by atoms with Gasteiger partial charge in [0.15, 0.2) is 0 Å². The van der Waals surface area contributed by atoms with Gasteiger partial charge in [-0.1, -0.05) is 30.3 Å². The van der Waals surface area contributed by atoms with E-state index in [9.17, 15) is 9.59 Å². The molecule has 3 aromatic rings. The van der Waals surface area contributed by atoms with Gasteiger partial charge in [0, 0.05) is 46.6 Å². The maximum absolute atomic E-state index is 12.9. The summed E-state index contributed by atoms with van der Waals surface area (Å²) in [5, 5.41) is 0. The normalized spacial score (nSPS) is 17.7. The number of carbonyl (C=O) groups is 1. The summed E-state index contributed by atoms with van der Waals surface area (Å²) < 4.78 is 6.37. The lowest BCUT2D eigenvalue weighted by molar-refractivity contribution is -0.0926. The van der Waals surface area contributed by atoms with Crippen LogP contribution >= 0.6 is 11.3 Å². The molecular formula is C24H24N2O3S. The maximum Gasteiger partial charge on any atom is 0.254 e. The molecular weight excluding hydrogens is 396 g/mol. The van der Waals surface area contributed by atoms with Gasteiger partial charge in [-0.05, 0) is 43.0 Å². The zero-order valence-corrected chi connectivity index (χ0v) is 17.8. The van der Waals surface area contributed by atoms with Crippen LogP contribution in [0.2, 0.25) is 0 Å². The topological polar surface area (TPSA) is 62.4 Å². The number of benzene rings is 1. The average Bonchev–Trinajstić information content (AvgIpc) is 3.20. The molecule has 0 bridgehead atoms. The SMILES string of the molecule is Cc1cc(C(=O)N2CCC3(CC2)OCCc2sc(-c4ccccc4)cc23)cc(=O)[nH]1. The molecule has 5 rings (SSSR count). The van der Waals surface area contributed by atoms with Crippen molar-refractivity contribution in [2.45, 2.75) is 31.8 Å². The van der Waals surface area contributed by atoms with Crippen molar-refractivity contribution in [3.8, 4) is 10.4 Å². The molecule has 1 amide bonds. The minimum Gasteiger partial charge on any atom is -0.370 e. The van der Waals surface area contributed by atoms with Crippen molar-refractivity contribution in [3.63, 3.8) is 0 Å². The number of nitrogens with one attached hydrogen (secondary N) is 1. The number of H-pyrrole nitrogens is 1. The summed E-state index contributed by atoms with van der Waals surface area (Å²) in [7, 11) is 0. The molecule has 1 N–H and O–H groups in total. The second kappa shape index (κ2) is 7.52. The molecule has 1 spiro atoms. The highest BCUT2D eigenvalue weighted by atomic mass is 32.1. The van der Waals surface area contributed by atoms with E-state index in [2.05, 4.69) is 35.3 Å². The zero-order valence-electron chi connectivity index (χ0n) is 16.9. The second-order valence-corrected chi connectivity index (χ2v) is 9.25. The van der Waals surface area contributed by atoms with E-state index in [-0.39, 0.29) is 17.1 Å². The van der Waals surface area contributed by atoms with Gasteiger partial charge in [0.1, 0.15) is 0 Å². The number of hydrogen-bond donors (Lipinski definition) is 1. The van der Waals surface area contributed by atoms with Gasteiger partial charge in [-0.15, -0.1) is 11.3 Å². The van der Waals surface area contributed by atoms with Crippen molar-refractivity contribution in [2.75, 3.05) is 19.7 Å². The summed E-state index contributed by atoms with van der Waals surface area (Å²) >= 11 is 1.86. The lowest BCUT2D eigenvalue weighted by Crippen LogP contribution is -2.48. The van der Waals surface area contributed by atoms with Crippen LogP contribution in [0.4, 0.5) is 0 Å². The third kappa shape index (κ3) is 3.40. The lowest BCUT2D eigenvalue weighted by Gasteiger charge is -2.44. The summed E-state index contributed by atoms with van der Waals surface area (Å²) in [5.74, 6) is -0.0784. The van der Waals surface area contributed by atoms with Gasteiger partial charge in [0.05, 0.1) is 12.2 Å². The molecule has 1 aromatic carbocycles. The predicted molar refractivity (Wildman–Crippen MR) is 118 cm³/mol. The quantitative estimate of drug-likeness (QED) is 0.679. The first-order valence-electron chi connectivity index (χ1n) is 10.4. The van der Waals surface area contributed by atoms with E-state index in [1.807, 2.05) is 22.3 Å². The van der Waals surface area contributed by atoms with Crippen LogP contribution in [0.25, 0.3) is 10.4 Å². The molecule has 2 aliphatic heterocycles. The number of aromatic nitrogens is 1. The minimum absolute atomic E-state index is 0.0784. The molecule has 0 unspecified atom stereocenters. The van der Waals surface area contributed by atoms with Crippen LogP contribution in [0.15, 0.2) is 53.3 Å². The number of piperidine rings is 1. The molecule has 2 aromatic heterocycles. The van der Waals surface area contributed by atoms with Crippen molar-refractivity contribution in [1.82, 2.24) is 9.88 Å². The highest BCUT2D eigenvalue weighted by Gasteiger charge is 2.43. The summed E-state index contributed by atoms with van der Waals surface area (Å²) in [6, 6.07) is 15.9. The van der Waals surface area contributed by atoms with Gasteiger partial charge in [-0.25, -0.2) is 0 Å². The van der Waals surface area contributed by atoms with E-state index in [0.717, 1.165) is 25.9 Å². The van der Waals surface area contributed by atoms with Crippen LogP contribution in [0, 0.1) is 6.92 Å². The van der Waals surface area contributed by atoms with E-state index in [1.165, 1.54) is 26.9 Å². The summed E-state index contributed by atoms with van der Waals surface area (Å²) in [6.45, 7) is 3.77. The molecule has 4 heterocycles. The molecule has 1 saturated heterocycles. The Morgan fingerprint density at radius 1 is 1.13 bits per heavy atom. The van der Waals surface area contributed by atoms with Crippen molar-refractivity contribution in [3.05, 3.63) is 80.6 Å². The molecule has 0 saturated carbocycles. The van der Waals surface area contributed by atoms with Crippen LogP contribution in [0.1, 0.15) is 39.3 Å². The van der Waals surface area contributed by atoms with Crippen molar-refractivity contribution >= 4 is 17.2 Å². The van der Waals surface area contributed by atoms with Crippen LogP contribution in [-0.4, -0.2) is 35.5 Å². The van der Waals surface area contributed by atoms with Crippen molar-refractivity contribution in [2.24, 2.45) is 0 Å². The Bertz CT molecular complexity index is 1140. The second-order valence-electron chi connectivity index (χ2n) is 8.11. The molecule has 6 heteroatoms. The molecule has 30 heavy (non-hydrogen) atoms. The summed E-state index contributed by atoms with van der Waals surface area (Å²) in [4.78, 5) is 31.9. The first-order valence-corrected chi connectivity index (χ1v) is 11.2. The number of ether oxygens (including phenoxy) is 1. The summed E-state index contributed by atoms with van der Waals surface area (Å²) in [6.07, 6.45) is 2.50. The maximum atomic E-state index is 12.9. The number of rotatable bonds is 2. The van der Waals surface area contributed by atoms with E-state index in [1.54, 1.807) is 13.0 Å². The van der Waals surface area contributed by atoms with Gasteiger partial charge in [0.25, 0.3) is 5.91 Å². The molecule has 0 radical (unpaired) electrons. The minimum atomic E-state index is -0.308. The van der Waals surface area contributed by atoms with E-state index >= 15 is 0 Å². The number of hydrogen-bond acceptors (Lipinski definition) is 4. The Morgan fingerprint density at radius 3 is 2.63 bits per heavy atom. The fraction of sp³-hybridized carbons (Fsp3) is 0.333. The number of aromatic amines is 1. The Hall–Kier alpha value is -2.70. The predicted octanol–water partition coefficient (Wildman–Crippen LogP) is 4.12. The number of nitrogens with zero attached hydrogens (tertiary/aromatic N) is 1. The zero-order chi connectivity index (χ0) is 20.7. The van der Waals surface area contributed by atoms with E-state index < -0.39 is 0 Å². The van der Waals surface area contributed by atoms with Gasteiger partial charge in [-0.3, -0.25) is 9.59 Å². The Kier molecular flexibility index (Phi) is 4.83. The Labute approximate surface area is 179 Å². The van der Waals surface area contributed by atoms with Crippen LogP contribution in [0.3, 0.4) is 0 Å². The number of carbonyl (C=O) groups excluding carboxylic acids is 1. The third-order valence-corrected chi connectivity index (χ3v) is 7.39. The molecule has 1 fully saturated rings. The van der Waals surface area contributed by atoms with Gasteiger partial charge < -0.3 is 14.6 Å². The van der Waals surface area contributed by atoms with Gasteiger partial charge >= 0.3 is 0 Å². The van der Waals surface area contributed by atoms with Crippen LogP contribution < -0.4 is 5.56 Å². The number of pyridine rings is 1. The molecule has 0 atom stereocenters. The largest absolute Gasteiger partial charge is 0.370 e. The molecule has 0 aliphatic carbocycles. The van der Waals surface area contributed by atoms with Crippen molar-refractivity contribution < 1.29 is 9.53 Å². The van der Waals surface area contributed by atoms with Gasteiger partial charge in [0.2, 0.25) is 5.56 Å². The number of amides is 1. The van der Waals surface area contributed by atoms with Gasteiger partial charge in [-0.2, -0.15) is 0 Å². The molecule has 2 aliphatic rings. The first kappa shape index (κ1) is 19.3. The fourth-order valence-corrected chi connectivity index (χ4v) is 5.87. The Morgan fingerprint density at radius 2 is 1.90 bits per heavy atom. The average molecular weight is 421 g/mol. The number of aryl methyl sites for hydroxylation is 1. The lowest BCUT2D eigenvalue weighted by atomic mass is 9.82. The molecule has 5 nitrogen and oxygen atoms in total. The van der Waals surface area contributed by atoms with Crippen LogP contribution in [-0.2, 0) is 16.8 Å². The number of likely N-dealkylation sites (tertiary alicyclic amines) is 1. The third-order valence-electron chi connectivity index (χ3n) is 6.15.